The molecule has 1 amide bonds. The topological polar surface area (TPSA) is 93.2 Å². The number of para-hydroxylation sites is 1. The van der Waals surface area contributed by atoms with Crippen LogP contribution in [-0.4, -0.2) is 35.5 Å². The van der Waals surface area contributed by atoms with Gasteiger partial charge in [0.05, 0.1) is 18.4 Å². The van der Waals surface area contributed by atoms with Crippen LogP contribution in [0, 0.1) is 0 Å². The van der Waals surface area contributed by atoms with E-state index in [2.05, 4.69) is 27.2 Å². The number of benzene rings is 1. The number of hydrogen-bond acceptors (Lipinski definition) is 6. The summed E-state index contributed by atoms with van der Waals surface area (Å²) in [6, 6.07) is 8.09. The maximum absolute atomic E-state index is 12.3. The number of esters is 1. The highest BCUT2D eigenvalue weighted by Crippen LogP contribution is 2.17. The number of amides is 1. The summed E-state index contributed by atoms with van der Waals surface area (Å²) in [5, 5.41) is 5.62. The molecular weight excluding hydrogens is 296 g/mol. The standard InChI is InChI=1S/C16H16N4O3/c1-3-8-17-14-9-13(18-10-19-14)15(21)20-12-7-5-4-6-11(12)16(22)23-2/h3-7,9-10H,1,8H2,2H3,(H,20,21)(H,17,18,19). The van der Waals surface area contributed by atoms with Crippen molar-refractivity contribution >= 4 is 23.4 Å². The molecule has 1 aromatic heterocycles. The minimum Gasteiger partial charge on any atom is -0.465 e. The van der Waals surface area contributed by atoms with E-state index in [1.165, 1.54) is 19.5 Å². The molecule has 0 fully saturated rings. The molecule has 1 aromatic carbocycles. The van der Waals surface area contributed by atoms with Gasteiger partial charge in [-0.1, -0.05) is 18.2 Å². The second-order valence-corrected chi connectivity index (χ2v) is 4.45. The highest BCUT2D eigenvalue weighted by Gasteiger charge is 2.15. The highest BCUT2D eigenvalue weighted by atomic mass is 16.5. The van der Waals surface area contributed by atoms with Crippen LogP contribution in [0.15, 0.2) is 49.3 Å². The van der Waals surface area contributed by atoms with Crippen molar-refractivity contribution in [3.05, 3.63) is 60.6 Å². The van der Waals surface area contributed by atoms with Crippen molar-refractivity contribution in [3.63, 3.8) is 0 Å². The van der Waals surface area contributed by atoms with Gasteiger partial charge in [-0.3, -0.25) is 4.79 Å². The summed E-state index contributed by atoms with van der Waals surface area (Å²) in [5.74, 6) is -0.478. The Morgan fingerprint density at radius 1 is 1.30 bits per heavy atom. The van der Waals surface area contributed by atoms with Crippen molar-refractivity contribution in [1.82, 2.24) is 9.97 Å². The summed E-state index contributed by atoms with van der Waals surface area (Å²) < 4.78 is 4.69. The molecule has 1 heterocycles. The molecule has 7 heteroatoms. The fourth-order valence-electron chi connectivity index (χ4n) is 1.82. The Hall–Kier alpha value is -3.22. The van der Waals surface area contributed by atoms with Crippen LogP contribution < -0.4 is 10.6 Å². The average Bonchev–Trinajstić information content (AvgIpc) is 2.60. The molecule has 0 spiro atoms. The number of nitrogens with one attached hydrogen (secondary N) is 2. The minimum atomic E-state index is -0.531. The van der Waals surface area contributed by atoms with Gasteiger partial charge in [-0.25, -0.2) is 14.8 Å². The van der Waals surface area contributed by atoms with Crippen LogP contribution in [0.1, 0.15) is 20.8 Å². The second kappa shape index (κ2) is 7.69. The molecule has 0 aliphatic heterocycles. The number of ether oxygens (including phenoxy) is 1. The van der Waals surface area contributed by atoms with Crippen molar-refractivity contribution in [2.75, 3.05) is 24.3 Å². The van der Waals surface area contributed by atoms with Gasteiger partial charge in [-0.05, 0) is 12.1 Å². The van der Waals surface area contributed by atoms with Crippen LogP contribution in [0.4, 0.5) is 11.5 Å². The van der Waals surface area contributed by atoms with E-state index in [1.807, 2.05) is 0 Å². The molecule has 23 heavy (non-hydrogen) atoms. The summed E-state index contributed by atoms with van der Waals surface area (Å²) in [6.45, 7) is 4.11. The van der Waals surface area contributed by atoms with Crippen molar-refractivity contribution in [3.8, 4) is 0 Å². The lowest BCUT2D eigenvalue weighted by atomic mass is 10.1. The van der Waals surface area contributed by atoms with Crippen molar-refractivity contribution < 1.29 is 14.3 Å². The summed E-state index contributed by atoms with van der Waals surface area (Å²) in [6.07, 6.45) is 2.96. The van der Waals surface area contributed by atoms with Gasteiger partial charge < -0.3 is 15.4 Å². The number of methoxy groups -OCH3 is 1. The fraction of sp³-hybridized carbons (Fsp3) is 0.125. The van der Waals surface area contributed by atoms with Crippen LogP contribution in [0.5, 0.6) is 0 Å². The molecule has 0 aliphatic rings. The minimum absolute atomic E-state index is 0.172. The van der Waals surface area contributed by atoms with Gasteiger partial charge in [0.1, 0.15) is 17.8 Å². The van der Waals surface area contributed by atoms with Crippen LogP contribution in [0.3, 0.4) is 0 Å². The van der Waals surface area contributed by atoms with Gasteiger partial charge in [0.25, 0.3) is 5.91 Å². The van der Waals surface area contributed by atoms with E-state index in [0.717, 1.165) is 0 Å². The summed E-state index contributed by atoms with van der Waals surface area (Å²) >= 11 is 0. The maximum Gasteiger partial charge on any atom is 0.339 e. The molecule has 0 saturated carbocycles. The Morgan fingerprint density at radius 2 is 2.09 bits per heavy atom. The molecule has 0 atom stereocenters. The Bertz CT molecular complexity index is 731. The quantitative estimate of drug-likeness (QED) is 0.627. The molecule has 2 N–H and O–H groups in total. The van der Waals surface area contributed by atoms with Gasteiger partial charge in [-0.2, -0.15) is 0 Å². The van der Waals surface area contributed by atoms with Gasteiger partial charge in [0, 0.05) is 12.6 Å². The summed E-state index contributed by atoms with van der Waals surface area (Å²) in [4.78, 5) is 31.9. The molecular formula is C16H16N4O3. The molecule has 118 valence electrons. The van der Waals surface area contributed by atoms with E-state index < -0.39 is 11.9 Å². The van der Waals surface area contributed by atoms with Gasteiger partial charge in [0.2, 0.25) is 0 Å². The largest absolute Gasteiger partial charge is 0.465 e. The smallest absolute Gasteiger partial charge is 0.339 e. The van der Waals surface area contributed by atoms with Gasteiger partial charge >= 0.3 is 5.97 Å². The lowest BCUT2D eigenvalue weighted by Gasteiger charge is -2.09. The number of nitrogens with zero attached hydrogens (tertiary/aromatic N) is 2. The first-order valence-corrected chi connectivity index (χ1v) is 6.81. The molecule has 0 aliphatic carbocycles. The highest BCUT2D eigenvalue weighted by molar-refractivity contribution is 6.07. The van der Waals surface area contributed by atoms with E-state index in [1.54, 1.807) is 30.3 Å². The van der Waals surface area contributed by atoms with E-state index in [0.29, 0.717) is 18.1 Å². The van der Waals surface area contributed by atoms with Crippen LogP contribution in [0.2, 0.25) is 0 Å². The number of anilines is 2. The predicted molar refractivity (Wildman–Crippen MR) is 86.5 cm³/mol. The SMILES string of the molecule is C=CCNc1cc(C(=O)Nc2ccccc2C(=O)OC)ncn1. The summed E-state index contributed by atoms with van der Waals surface area (Å²) in [7, 11) is 1.28. The number of carbonyl (C=O) groups is 2. The first-order chi connectivity index (χ1) is 11.2. The predicted octanol–water partition coefficient (Wildman–Crippen LogP) is 2.11. The van der Waals surface area contributed by atoms with Crippen LogP contribution >= 0.6 is 0 Å². The number of rotatable bonds is 6. The average molecular weight is 312 g/mol. The lowest BCUT2D eigenvalue weighted by Crippen LogP contribution is -2.17. The number of hydrogen-bond donors (Lipinski definition) is 2. The third-order valence-electron chi connectivity index (χ3n) is 2.91. The van der Waals surface area contributed by atoms with Crippen molar-refractivity contribution in [2.24, 2.45) is 0 Å². The third-order valence-corrected chi connectivity index (χ3v) is 2.91. The normalized spacial score (nSPS) is 9.78. The zero-order valence-corrected chi connectivity index (χ0v) is 12.6. The Balaban J connectivity index is 2.19. The zero-order chi connectivity index (χ0) is 16.7. The maximum atomic E-state index is 12.3. The molecule has 0 unspecified atom stereocenters. The molecule has 2 rings (SSSR count). The molecule has 0 bridgehead atoms. The molecule has 0 saturated heterocycles. The zero-order valence-electron chi connectivity index (χ0n) is 12.6. The van der Waals surface area contributed by atoms with Crippen molar-refractivity contribution in [1.29, 1.82) is 0 Å². The molecule has 7 nitrogen and oxygen atoms in total. The first kappa shape index (κ1) is 16.2. The number of aromatic nitrogens is 2. The third kappa shape index (κ3) is 4.13. The van der Waals surface area contributed by atoms with Crippen molar-refractivity contribution in [2.45, 2.75) is 0 Å². The van der Waals surface area contributed by atoms with E-state index in [9.17, 15) is 9.59 Å². The Morgan fingerprint density at radius 3 is 2.83 bits per heavy atom. The first-order valence-electron chi connectivity index (χ1n) is 6.81. The van der Waals surface area contributed by atoms with E-state index in [4.69, 9.17) is 4.74 Å². The monoisotopic (exact) mass is 312 g/mol. The van der Waals surface area contributed by atoms with E-state index in [-0.39, 0.29) is 11.3 Å². The summed E-state index contributed by atoms with van der Waals surface area (Å²) in [5.41, 5.74) is 0.789. The number of carbonyl (C=O) groups excluding carboxylic acids is 2. The fourth-order valence-corrected chi connectivity index (χ4v) is 1.82. The van der Waals surface area contributed by atoms with Crippen LogP contribution in [0.25, 0.3) is 0 Å². The lowest BCUT2D eigenvalue weighted by molar-refractivity contribution is 0.0602. The van der Waals surface area contributed by atoms with E-state index >= 15 is 0 Å². The molecule has 2 aromatic rings. The van der Waals surface area contributed by atoms with Crippen LogP contribution in [-0.2, 0) is 4.74 Å². The molecule has 0 radical (unpaired) electrons. The Kier molecular flexibility index (Phi) is 5.40. The Labute approximate surface area is 133 Å². The second-order valence-electron chi connectivity index (χ2n) is 4.45. The van der Waals surface area contributed by atoms with Gasteiger partial charge in [-0.15, -0.1) is 6.58 Å². The van der Waals surface area contributed by atoms with Gasteiger partial charge in [0.15, 0.2) is 0 Å².